The summed E-state index contributed by atoms with van der Waals surface area (Å²) in [6.07, 6.45) is 2.68. The lowest BCUT2D eigenvalue weighted by Crippen LogP contribution is -2.40. The fourth-order valence-corrected chi connectivity index (χ4v) is 2.87. The van der Waals surface area contributed by atoms with Crippen LogP contribution >= 0.6 is 0 Å². The van der Waals surface area contributed by atoms with Gasteiger partial charge < -0.3 is 10.1 Å². The van der Waals surface area contributed by atoms with Crippen molar-refractivity contribution >= 4 is 35.5 Å². The van der Waals surface area contributed by atoms with Gasteiger partial charge in [0, 0.05) is 29.8 Å². The van der Waals surface area contributed by atoms with E-state index in [1.54, 1.807) is 48.5 Å². The fraction of sp³-hybridized carbons (Fsp3) is 0.0769. The summed E-state index contributed by atoms with van der Waals surface area (Å²) in [7, 11) is 0. The van der Waals surface area contributed by atoms with Crippen molar-refractivity contribution in [2.75, 3.05) is 5.32 Å². The minimum absolute atomic E-state index is 0.220. The van der Waals surface area contributed by atoms with E-state index in [2.05, 4.69) is 16.2 Å². The zero-order chi connectivity index (χ0) is 24.5. The lowest BCUT2D eigenvalue weighted by molar-refractivity contribution is -0.117. The van der Waals surface area contributed by atoms with Crippen molar-refractivity contribution < 1.29 is 23.9 Å². The van der Waals surface area contributed by atoms with Crippen LogP contribution in [0, 0.1) is 6.92 Å². The van der Waals surface area contributed by atoms with Crippen LogP contribution in [0.2, 0.25) is 0 Å². The molecule has 3 amide bonds. The molecule has 34 heavy (non-hydrogen) atoms. The summed E-state index contributed by atoms with van der Waals surface area (Å²) in [4.78, 5) is 47.8. The average molecular weight is 457 g/mol. The van der Waals surface area contributed by atoms with Gasteiger partial charge in [0.15, 0.2) is 0 Å². The van der Waals surface area contributed by atoms with Gasteiger partial charge in [0.1, 0.15) is 5.75 Å². The minimum atomic E-state index is -0.581. The number of anilines is 1. The van der Waals surface area contributed by atoms with Gasteiger partial charge in [0.2, 0.25) is 5.91 Å². The van der Waals surface area contributed by atoms with Gasteiger partial charge in [-0.3, -0.25) is 25.2 Å². The van der Waals surface area contributed by atoms with Gasteiger partial charge in [-0.25, -0.2) is 4.79 Å². The molecule has 0 saturated heterocycles. The molecule has 0 aliphatic carbocycles. The molecular weight excluding hydrogens is 434 g/mol. The van der Waals surface area contributed by atoms with E-state index in [1.165, 1.54) is 31.2 Å². The van der Waals surface area contributed by atoms with Crippen LogP contribution in [0.5, 0.6) is 5.75 Å². The largest absolute Gasteiger partial charge is 0.422 e. The van der Waals surface area contributed by atoms with Gasteiger partial charge in [0.25, 0.3) is 11.8 Å². The number of carbonyl (C=O) groups excluding carboxylic acids is 4. The minimum Gasteiger partial charge on any atom is -0.422 e. The molecule has 3 rings (SSSR count). The zero-order valence-corrected chi connectivity index (χ0v) is 18.6. The smallest absolute Gasteiger partial charge is 0.343 e. The van der Waals surface area contributed by atoms with Gasteiger partial charge in [-0.1, -0.05) is 35.9 Å². The average Bonchev–Trinajstić information content (AvgIpc) is 2.82. The van der Waals surface area contributed by atoms with Gasteiger partial charge in [-0.2, -0.15) is 0 Å². The number of para-hydroxylation sites is 1. The highest BCUT2D eigenvalue weighted by molar-refractivity contribution is 5.99. The molecule has 0 aromatic heterocycles. The molecule has 0 heterocycles. The summed E-state index contributed by atoms with van der Waals surface area (Å²) in [5.74, 6) is -1.54. The standard InChI is InChI=1S/C26H23N3O5/c1-17-7-9-21(10-8-17)26(33)34-23-6-4-3-5-19(23)13-16-24(31)28-29-25(32)20-11-14-22(15-12-20)27-18(2)30/h3-16H,1-2H3,(H,27,30)(H,28,31)(H,29,32)/b16-13+. The van der Waals surface area contributed by atoms with E-state index in [9.17, 15) is 19.2 Å². The summed E-state index contributed by atoms with van der Waals surface area (Å²) in [6, 6.07) is 19.9. The maximum atomic E-state index is 12.4. The molecule has 3 N–H and O–H groups in total. The number of ether oxygens (including phenoxy) is 1. The normalized spacial score (nSPS) is 10.4. The van der Waals surface area contributed by atoms with E-state index >= 15 is 0 Å². The molecule has 0 aliphatic rings. The predicted molar refractivity (Wildman–Crippen MR) is 128 cm³/mol. The van der Waals surface area contributed by atoms with E-state index in [1.807, 2.05) is 19.1 Å². The van der Waals surface area contributed by atoms with Crippen molar-refractivity contribution in [3.8, 4) is 5.75 Å². The van der Waals surface area contributed by atoms with E-state index in [0.29, 0.717) is 28.1 Å². The van der Waals surface area contributed by atoms with Crippen molar-refractivity contribution in [2.45, 2.75) is 13.8 Å². The Hall–Kier alpha value is -4.72. The van der Waals surface area contributed by atoms with Gasteiger partial charge >= 0.3 is 5.97 Å². The van der Waals surface area contributed by atoms with Crippen molar-refractivity contribution in [1.82, 2.24) is 10.9 Å². The molecule has 0 bridgehead atoms. The Morgan fingerprint density at radius 1 is 0.794 bits per heavy atom. The quantitative estimate of drug-likeness (QED) is 0.226. The third-order valence-electron chi connectivity index (χ3n) is 4.59. The number of benzene rings is 3. The third kappa shape index (κ3) is 6.89. The molecule has 0 fully saturated rings. The number of hydrogen-bond acceptors (Lipinski definition) is 5. The van der Waals surface area contributed by atoms with Crippen molar-refractivity contribution in [3.05, 3.63) is 101 Å². The number of rotatable bonds is 6. The molecule has 0 spiro atoms. The first-order valence-electron chi connectivity index (χ1n) is 10.4. The molecule has 172 valence electrons. The lowest BCUT2D eigenvalue weighted by Gasteiger charge is -2.08. The van der Waals surface area contributed by atoms with Gasteiger partial charge in [0.05, 0.1) is 5.56 Å². The molecule has 0 saturated carbocycles. The van der Waals surface area contributed by atoms with Crippen LogP contribution in [0.3, 0.4) is 0 Å². The van der Waals surface area contributed by atoms with Crippen molar-refractivity contribution in [2.24, 2.45) is 0 Å². The molecule has 0 atom stereocenters. The van der Waals surface area contributed by atoms with E-state index in [0.717, 1.165) is 5.56 Å². The maximum absolute atomic E-state index is 12.4. The fourth-order valence-electron chi connectivity index (χ4n) is 2.87. The highest BCUT2D eigenvalue weighted by Crippen LogP contribution is 2.21. The van der Waals surface area contributed by atoms with Crippen LogP contribution in [0.15, 0.2) is 78.9 Å². The molecule has 3 aromatic carbocycles. The van der Waals surface area contributed by atoms with Crippen LogP contribution in [-0.2, 0) is 9.59 Å². The van der Waals surface area contributed by atoms with E-state index in [-0.39, 0.29) is 5.91 Å². The highest BCUT2D eigenvalue weighted by Gasteiger charge is 2.11. The lowest BCUT2D eigenvalue weighted by atomic mass is 10.1. The number of hydrazine groups is 1. The molecule has 8 heteroatoms. The first kappa shape index (κ1) is 23.9. The SMILES string of the molecule is CC(=O)Nc1ccc(C(=O)NNC(=O)/C=C/c2ccccc2OC(=O)c2ccc(C)cc2)cc1. The summed E-state index contributed by atoms with van der Waals surface area (Å²) < 4.78 is 5.48. The first-order valence-corrected chi connectivity index (χ1v) is 10.4. The summed E-state index contributed by atoms with van der Waals surface area (Å²) in [5.41, 5.74) is 7.40. The van der Waals surface area contributed by atoms with Gasteiger partial charge in [-0.05, 0) is 55.5 Å². The van der Waals surface area contributed by atoms with Crippen LogP contribution in [-0.4, -0.2) is 23.7 Å². The van der Waals surface area contributed by atoms with Crippen LogP contribution < -0.4 is 20.9 Å². The highest BCUT2D eigenvalue weighted by atomic mass is 16.5. The molecule has 8 nitrogen and oxygen atoms in total. The summed E-state index contributed by atoms with van der Waals surface area (Å²) >= 11 is 0. The predicted octanol–water partition coefficient (Wildman–Crippen LogP) is 3.65. The molecule has 3 aromatic rings. The Kier molecular flexibility index (Phi) is 7.91. The maximum Gasteiger partial charge on any atom is 0.343 e. The second-order valence-electron chi connectivity index (χ2n) is 7.33. The molecule has 0 unspecified atom stereocenters. The zero-order valence-electron chi connectivity index (χ0n) is 18.6. The Morgan fingerprint density at radius 2 is 1.44 bits per heavy atom. The number of esters is 1. The van der Waals surface area contributed by atoms with E-state index < -0.39 is 17.8 Å². The Labute approximate surface area is 196 Å². The summed E-state index contributed by atoms with van der Waals surface area (Å²) in [6.45, 7) is 3.31. The number of aryl methyl sites for hydroxylation is 1. The van der Waals surface area contributed by atoms with Gasteiger partial charge in [-0.15, -0.1) is 0 Å². The molecular formula is C26H23N3O5. The second-order valence-corrected chi connectivity index (χ2v) is 7.33. The Balaban J connectivity index is 1.57. The Bertz CT molecular complexity index is 1230. The van der Waals surface area contributed by atoms with Crippen LogP contribution in [0.1, 0.15) is 38.8 Å². The summed E-state index contributed by atoms with van der Waals surface area (Å²) in [5, 5.41) is 2.60. The monoisotopic (exact) mass is 457 g/mol. The number of nitrogens with one attached hydrogen (secondary N) is 3. The van der Waals surface area contributed by atoms with Crippen LogP contribution in [0.4, 0.5) is 5.69 Å². The second kappa shape index (κ2) is 11.2. The third-order valence-corrected chi connectivity index (χ3v) is 4.59. The molecule has 0 radical (unpaired) electrons. The molecule has 0 aliphatic heterocycles. The van der Waals surface area contributed by atoms with E-state index in [4.69, 9.17) is 4.74 Å². The number of hydrogen-bond donors (Lipinski definition) is 3. The van der Waals surface area contributed by atoms with Crippen molar-refractivity contribution in [1.29, 1.82) is 0 Å². The first-order chi connectivity index (χ1) is 16.3. The Morgan fingerprint density at radius 3 is 2.12 bits per heavy atom. The number of amides is 3. The van der Waals surface area contributed by atoms with Crippen LogP contribution in [0.25, 0.3) is 6.08 Å². The van der Waals surface area contributed by atoms with Crippen molar-refractivity contribution in [3.63, 3.8) is 0 Å². The number of carbonyl (C=O) groups is 4. The topological polar surface area (TPSA) is 114 Å².